The minimum atomic E-state index is -3.66. The molecule has 0 bridgehead atoms. The molecule has 212 valence electrons. The van der Waals surface area contributed by atoms with Gasteiger partial charge in [-0.3, -0.25) is 4.79 Å². The zero-order valence-electron chi connectivity index (χ0n) is 22.2. The number of sulfonamides is 1. The highest BCUT2D eigenvalue weighted by atomic mass is 35.5. The fourth-order valence-corrected chi connectivity index (χ4v) is 5.17. The largest absolute Gasteiger partial charge is 0.508 e. The molecule has 11 heteroatoms. The average molecular weight is 595 g/mol. The van der Waals surface area contributed by atoms with Gasteiger partial charge in [-0.15, -0.1) is 24.2 Å². The highest BCUT2D eigenvalue weighted by molar-refractivity contribution is 8.00. The highest BCUT2D eigenvalue weighted by Crippen LogP contribution is 2.32. The lowest BCUT2D eigenvalue weighted by Gasteiger charge is -2.21. The molecule has 0 spiro atoms. The van der Waals surface area contributed by atoms with Crippen molar-refractivity contribution >= 4 is 40.1 Å². The van der Waals surface area contributed by atoms with Gasteiger partial charge in [-0.05, 0) is 60.0 Å². The van der Waals surface area contributed by atoms with Crippen LogP contribution in [0.4, 0.5) is 0 Å². The number of aromatic hydroxyl groups is 1. The van der Waals surface area contributed by atoms with Gasteiger partial charge in [-0.1, -0.05) is 44.2 Å². The molecule has 0 radical (unpaired) electrons. The van der Waals surface area contributed by atoms with Crippen LogP contribution in [0.3, 0.4) is 0 Å². The van der Waals surface area contributed by atoms with Gasteiger partial charge >= 0.3 is 0 Å². The van der Waals surface area contributed by atoms with Gasteiger partial charge < -0.3 is 20.3 Å². The molecule has 0 fully saturated rings. The maximum absolute atomic E-state index is 12.5. The number of carbonyl (C=O) groups is 1. The van der Waals surface area contributed by atoms with Crippen molar-refractivity contribution in [1.29, 1.82) is 0 Å². The molecule has 0 saturated heterocycles. The Morgan fingerprint density at radius 1 is 0.974 bits per heavy atom. The van der Waals surface area contributed by atoms with Gasteiger partial charge in [0.05, 0.1) is 17.9 Å². The molecular weight excluding hydrogens is 560 g/mol. The molecule has 0 aliphatic carbocycles. The highest BCUT2D eigenvalue weighted by Gasteiger charge is 2.18. The van der Waals surface area contributed by atoms with E-state index < -0.39 is 22.0 Å². The SMILES string of the molecule is CC(C)Sc1cc(-c2ccc(OCCN[C@@H](C)[C@H](O)c3ccc(O)cc3)cc2)ccc1C(=O)NS(C)(=O)=O.Cl. The third-order valence-electron chi connectivity index (χ3n) is 5.60. The Morgan fingerprint density at radius 2 is 1.59 bits per heavy atom. The van der Waals surface area contributed by atoms with E-state index in [1.165, 1.54) is 11.8 Å². The molecule has 3 aromatic rings. The van der Waals surface area contributed by atoms with Gasteiger partial charge in [0, 0.05) is 22.7 Å². The van der Waals surface area contributed by atoms with Crippen molar-refractivity contribution in [3.63, 3.8) is 0 Å². The Balaban J connectivity index is 0.00000533. The monoisotopic (exact) mass is 594 g/mol. The van der Waals surface area contributed by atoms with E-state index in [0.717, 1.165) is 22.9 Å². The van der Waals surface area contributed by atoms with Crippen LogP contribution in [0.2, 0.25) is 0 Å². The van der Waals surface area contributed by atoms with Crippen LogP contribution < -0.4 is 14.8 Å². The van der Waals surface area contributed by atoms with Crippen LogP contribution >= 0.6 is 24.2 Å². The Labute approximate surface area is 240 Å². The first-order valence-electron chi connectivity index (χ1n) is 12.2. The number of hydrogen-bond acceptors (Lipinski definition) is 8. The number of thioether (sulfide) groups is 1. The van der Waals surface area contributed by atoms with Crippen LogP contribution in [0.15, 0.2) is 71.6 Å². The molecule has 0 aromatic heterocycles. The number of aliphatic hydroxyl groups is 1. The van der Waals surface area contributed by atoms with Crippen molar-refractivity contribution in [2.45, 2.75) is 43.1 Å². The molecule has 3 aromatic carbocycles. The first-order chi connectivity index (χ1) is 17.9. The predicted molar refractivity (Wildman–Crippen MR) is 158 cm³/mol. The normalized spacial score (nSPS) is 12.9. The summed E-state index contributed by atoms with van der Waals surface area (Å²) >= 11 is 1.49. The fourth-order valence-electron chi connectivity index (χ4n) is 3.74. The number of nitrogens with one attached hydrogen (secondary N) is 2. The lowest BCUT2D eigenvalue weighted by molar-refractivity contribution is 0.0979. The van der Waals surface area contributed by atoms with E-state index in [2.05, 4.69) is 5.32 Å². The number of aliphatic hydroxyl groups excluding tert-OH is 1. The number of phenolic OH excluding ortho intramolecular Hbond substituents is 1. The van der Waals surface area contributed by atoms with Gasteiger partial charge in [-0.2, -0.15) is 0 Å². The fraction of sp³-hybridized carbons (Fsp3) is 0.321. The second-order valence-corrected chi connectivity index (χ2v) is 12.6. The van der Waals surface area contributed by atoms with Crippen molar-refractivity contribution in [3.05, 3.63) is 77.9 Å². The molecule has 3 rings (SSSR count). The number of hydrogen-bond donors (Lipinski definition) is 4. The van der Waals surface area contributed by atoms with E-state index in [-0.39, 0.29) is 29.4 Å². The molecule has 4 N–H and O–H groups in total. The van der Waals surface area contributed by atoms with Crippen LogP contribution in [0, 0.1) is 0 Å². The molecule has 0 aliphatic rings. The second-order valence-electron chi connectivity index (χ2n) is 9.23. The number of carbonyl (C=O) groups excluding carboxylic acids is 1. The zero-order chi connectivity index (χ0) is 27.9. The standard InChI is InChI=1S/C28H34N2O6S2.ClH/c1-18(2)37-26-17-22(9-14-25(26)28(33)30-38(4,34)35)20-7-12-24(13-8-20)36-16-15-29-19(3)27(32)21-5-10-23(31)11-6-21;/h5-14,17-19,27,29,31-32H,15-16H2,1-4H3,(H,30,33);1H/t19-,27-;/m0./s1. The van der Waals surface area contributed by atoms with E-state index in [4.69, 9.17) is 4.74 Å². The lowest BCUT2D eigenvalue weighted by Crippen LogP contribution is -2.35. The summed E-state index contributed by atoms with van der Waals surface area (Å²) in [6.45, 7) is 6.83. The second kappa shape index (κ2) is 14.6. The van der Waals surface area contributed by atoms with Crippen LogP contribution in [-0.2, 0) is 10.0 Å². The number of benzene rings is 3. The van der Waals surface area contributed by atoms with E-state index >= 15 is 0 Å². The Hall–Kier alpha value is -2.76. The molecule has 8 nitrogen and oxygen atoms in total. The molecule has 2 atom stereocenters. The van der Waals surface area contributed by atoms with Crippen molar-refractivity contribution in [2.24, 2.45) is 0 Å². The van der Waals surface area contributed by atoms with Crippen LogP contribution in [0.25, 0.3) is 11.1 Å². The summed E-state index contributed by atoms with van der Waals surface area (Å²) in [5.41, 5.74) is 2.87. The quantitative estimate of drug-likeness (QED) is 0.175. The maximum atomic E-state index is 12.5. The zero-order valence-corrected chi connectivity index (χ0v) is 24.7. The smallest absolute Gasteiger partial charge is 0.265 e. The van der Waals surface area contributed by atoms with E-state index in [1.807, 2.05) is 55.8 Å². The average Bonchev–Trinajstić information content (AvgIpc) is 2.85. The van der Waals surface area contributed by atoms with Crippen LogP contribution in [0.5, 0.6) is 11.5 Å². The summed E-state index contributed by atoms with van der Waals surface area (Å²) in [6.07, 6.45) is 0.244. The number of ether oxygens (including phenoxy) is 1. The number of halogens is 1. The molecule has 0 aliphatic heterocycles. The number of rotatable bonds is 12. The van der Waals surface area contributed by atoms with E-state index in [0.29, 0.717) is 29.4 Å². The first-order valence-corrected chi connectivity index (χ1v) is 15.0. The van der Waals surface area contributed by atoms with Gasteiger partial charge in [0.15, 0.2) is 0 Å². The summed E-state index contributed by atoms with van der Waals surface area (Å²) < 4.78 is 30.9. The van der Waals surface area contributed by atoms with Gasteiger partial charge in [0.1, 0.15) is 18.1 Å². The van der Waals surface area contributed by atoms with Crippen LogP contribution in [0.1, 0.15) is 42.8 Å². The van der Waals surface area contributed by atoms with Gasteiger partial charge in [0.2, 0.25) is 10.0 Å². The molecular formula is C28H35ClN2O6S2. The molecule has 1 amide bonds. The molecule has 0 saturated carbocycles. The maximum Gasteiger partial charge on any atom is 0.265 e. The van der Waals surface area contributed by atoms with Gasteiger partial charge in [-0.25, -0.2) is 13.1 Å². The Bertz CT molecular complexity index is 1330. The third-order valence-corrected chi connectivity index (χ3v) is 7.22. The summed E-state index contributed by atoms with van der Waals surface area (Å²) in [6, 6.07) is 19.2. The summed E-state index contributed by atoms with van der Waals surface area (Å²) in [4.78, 5) is 13.2. The topological polar surface area (TPSA) is 125 Å². The first kappa shape index (κ1) is 32.5. The number of amides is 1. The summed E-state index contributed by atoms with van der Waals surface area (Å²) in [5, 5.41) is 23.3. The third kappa shape index (κ3) is 10.1. The van der Waals surface area contributed by atoms with Crippen molar-refractivity contribution in [2.75, 3.05) is 19.4 Å². The van der Waals surface area contributed by atoms with E-state index in [1.54, 1.807) is 36.4 Å². The molecule has 0 heterocycles. The summed E-state index contributed by atoms with van der Waals surface area (Å²) in [7, 11) is -3.66. The van der Waals surface area contributed by atoms with Crippen molar-refractivity contribution in [3.8, 4) is 22.6 Å². The number of phenols is 1. The Kier molecular flexibility index (Phi) is 12.1. The van der Waals surface area contributed by atoms with Crippen LogP contribution in [-0.4, -0.2) is 55.2 Å². The van der Waals surface area contributed by atoms with Crippen molar-refractivity contribution < 1.29 is 28.2 Å². The molecule has 0 unspecified atom stereocenters. The Morgan fingerprint density at radius 3 is 2.18 bits per heavy atom. The minimum Gasteiger partial charge on any atom is -0.508 e. The minimum absolute atomic E-state index is 0. The van der Waals surface area contributed by atoms with E-state index in [9.17, 15) is 23.4 Å². The lowest BCUT2D eigenvalue weighted by atomic mass is 10.0. The van der Waals surface area contributed by atoms with Crippen molar-refractivity contribution in [1.82, 2.24) is 10.0 Å². The van der Waals surface area contributed by atoms with Gasteiger partial charge in [0.25, 0.3) is 5.91 Å². The summed E-state index contributed by atoms with van der Waals surface area (Å²) in [5.74, 6) is 0.206. The molecule has 39 heavy (non-hydrogen) atoms. The predicted octanol–water partition coefficient (Wildman–Crippen LogP) is 4.76.